The van der Waals surface area contributed by atoms with Crippen molar-refractivity contribution >= 4 is 41.9 Å². The van der Waals surface area contributed by atoms with Crippen molar-refractivity contribution in [1.82, 2.24) is 20.9 Å². The highest BCUT2D eigenvalue weighted by molar-refractivity contribution is 14.0. The second-order valence-corrected chi connectivity index (χ2v) is 9.17. The maximum atomic E-state index is 12.3. The van der Waals surface area contributed by atoms with Gasteiger partial charge in [-0.3, -0.25) is 9.79 Å². The minimum atomic E-state index is -0.554. The first-order chi connectivity index (χ1) is 12.7. The van der Waals surface area contributed by atoms with Gasteiger partial charge >= 0.3 is 6.09 Å². The Morgan fingerprint density at radius 1 is 1.00 bits per heavy atom. The number of halogens is 1. The number of aliphatic imine (C=N–C) groups is 1. The van der Waals surface area contributed by atoms with Gasteiger partial charge in [-0.1, -0.05) is 13.8 Å². The summed E-state index contributed by atoms with van der Waals surface area (Å²) in [5.41, 5.74) is -1.32. The molecule has 0 saturated carbocycles. The van der Waals surface area contributed by atoms with Crippen LogP contribution in [0.25, 0.3) is 0 Å². The van der Waals surface area contributed by atoms with Crippen LogP contribution < -0.4 is 16.0 Å². The maximum absolute atomic E-state index is 12.3. The summed E-state index contributed by atoms with van der Waals surface area (Å²) in [4.78, 5) is 30.4. The fourth-order valence-corrected chi connectivity index (χ4v) is 2.62. The molecule has 172 valence electrons. The number of carbonyl (C=O) groups excluding carboxylic acids is 2. The fourth-order valence-electron chi connectivity index (χ4n) is 2.62. The Morgan fingerprint density at radius 3 is 1.90 bits per heavy atom. The van der Waals surface area contributed by atoms with Gasteiger partial charge in [0.15, 0.2) is 5.96 Å². The van der Waals surface area contributed by atoms with Crippen molar-refractivity contribution in [3.63, 3.8) is 0 Å². The van der Waals surface area contributed by atoms with Crippen LogP contribution in [-0.2, 0) is 9.53 Å². The van der Waals surface area contributed by atoms with Crippen LogP contribution in [0.1, 0.15) is 68.2 Å². The molecule has 9 heteroatoms. The number of alkyl carbamates (subject to hydrolysis) is 1. The molecule has 0 aromatic carbocycles. The maximum Gasteiger partial charge on any atom is 0.408 e. The van der Waals surface area contributed by atoms with Crippen LogP contribution >= 0.6 is 24.0 Å². The first-order valence-corrected chi connectivity index (χ1v) is 9.91. The summed E-state index contributed by atoms with van der Waals surface area (Å²) in [6.45, 7) is 16.0. The molecular formula is C20H42IN5O3. The van der Waals surface area contributed by atoms with E-state index < -0.39 is 17.2 Å². The van der Waals surface area contributed by atoms with Gasteiger partial charge in [0, 0.05) is 26.2 Å². The first-order valence-electron chi connectivity index (χ1n) is 9.91. The Balaban J connectivity index is 0. The summed E-state index contributed by atoms with van der Waals surface area (Å²) in [5.74, 6) is 0.503. The molecule has 29 heavy (non-hydrogen) atoms. The Bertz CT molecular complexity index is 549. The highest BCUT2D eigenvalue weighted by atomic mass is 127. The second-order valence-electron chi connectivity index (χ2n) is 9.17. The van der Waals surface area contributed by atoms with Gasteiger partial charge in [0.1, 0.15) is 5.60 Å². The van der Waals surface area contributed by atoms with Crippen LogP contribution in [0.3, 0.4) is 0 Å². The van der Waals surface area contributed by atoms with Crippen molar-refractivity contribution < 1.29 is 14.3 Å². The van der Waals surface area contributed by atoms with Gasteiger partial charge in [0.2, 0.25) is 5.91 Å². The van der Waals surface area contributed by atoms with E-state index in [1.54, 1.807) is 19.0 Å². The van der Waals surface area contributed by atoms with Crippen LogP contribution in [0.5, 0.6) is 0 Å². The highest BCUT2D eigenvalue weighted by Crippen LogP contribution is 2.16. The predicted molar refractivity (Wildman–Crippen MR) is 130 cm³/mol. The number of amides is 2. The Kier molecular flexibility index (Phi) is 12.8. The molecule has 0 atom stereocenters. The van der Waals surface area contributed by atoms with Crippen LogP contribution in [0.15, 0.2) is 4.99 Å². The van der Waals surface area contributed by atoms with Gasteiger partial charge in [-0.05, 0) is 54.4 Å². The molecular weight excluding hydrogens is 485 g/mol. The monoisotopic (exact) mass is 527 g/mol. The molecule has 0 fully saturated rings. The number of rotatable bonds is 7. The molecule has 8 nitrogen and oxygen atoms in total. The predicted octanol–water partition coefficient (Wildman–Crippen LogP) is 3.11. The molecule has 0 aromatic heterocycles. The largest absolute Gasteiger partial charge is 0.444 e. The molecule has 0 radical (unpaired) electrons. The molecule has 0 aliphatic heterocycles. The highest BCUT2D eigenvalue weighted by Gasteiger charge is 2.31. The van der Waals surface area contributed by atoms with E-state index in [9.17, 15) is 9.59 Å². The van der Waals surface area contributed by atoms with Crippen molar-refractivity contribution in [3.8, 4) is 0 Å². The lowest BCUT2D eigenvalue weighted by molar-refractivity contribution is -0.122. The molecule has 0 aliphatic carbocycles. The fraction of sp³-hybridized carbons (Fsp3) is 0.850. The van der Waals surface area contributed by atoms with Crippen molar-refractivity contribution in [2.75, 3.05) is 27.2 Å². The lowest BCUT2D eigenvalue weighted by Crippen LogP contribution is -2.57. The lowest BCUT2D eigenvalue weighted by atomic mass is 9.93. The van der Waals surface area contributed by atoms with E-state index in [1.165, 1.54) is 0 Å². The number of hydrogen-bond acceptors (Lipinski definition) is 4. The van der Waals surface area contributed by atoms with Gasteiger partial charge in [-0.25, -0.2) is 4.79 Å². The SMILES string of the molecule is CCC(CC)(CNC(=NC)N(C)CC(=O)NC(C)(C)C)NC(=O)OC(C)(C)C.I. The molecule has 0 saturated heterocycles. The van der Waals surface area contributed by atoms with E-state index in [0.29, 0.717) is 12.5 Å². The molecule has 0 aliphatic rings. The van der Waals surface area contributed by atoms with E-state index >= 15 is 0 Å². The summed E-state index contributed by atoms with van der Waals surface area (Å²) in [7, 11) is 3.47. The second kappa shape index (κ2) is 12.4. The van der Waals surface area contributed by atoms with Crippen LogP contribution in [-0.4, -0.2) is 66.7 Å². The summed E-state index contributed by atoms with van der Waals surface area (Å²) in [5, 5.41) is 9.21. The van der Waals surface area contributed by atoms with Crippen LogP contribution in [0.2, 0.25) is 0 Å². The Labute approximate surface area is 194 Å². The average molecular weight is 527 g/mol. The van der Waals surface area contributed by atoms with Crippen molar-refractivity contribution in [2.24, 2.45) is 4.99 Å². The van der Waals surface area contributed by atoms with Gasteiger partial charge in [-0.15, -0.1) is 24.0 Å². The standard InChI is InChI=1S/C20H41N5O3.HI/c1-11-20(12-2,24-17(27)28-19(6,7)8)14-22-16(21-9)25(10)13-15(26)23-18(3,4)5;/h11-14H2,1-10H3,(H,21,22)(H,23,26)(H,24,27);1H. The zero-order valence-corrected chi connectivity index (χ0v) is 22.2. The molecule has 0 heterocycles. The van der Waals surface area contributed by atoms with Gasteiger partial charge in [0.05, 0.1) is 12.1 Å². The smallest absolute Gasteiger partial charge is 0.408 e. The van der Waals surface area contributed by atoms with Crippen LogP contribution in [0, 0.1) is 0 Å². The van der Waals surface area contributed by atoms with Crippen molar-refractivity contribution in [2.45, 2.75) is 84.9 Å². The number of likely N-dealkylation sites (N-methyl/N-ethyl adjacent to an activating group) is 1. The molecule has 0 bridgehead atoms. The lowest BCUT2D eigenvalue weighted by Gasteiger charge is -2.35. The average Bonchev–Trinajstić information content (AvgIpc) is 2.50. The number of ether oxygens (including phenoxy) is 1. The first kappa shape index (κ1) is 29.9. The molecule has 3 N–H and O–H groups in total. The molecule has 0 spiro atoms. The Hall–Kier alpha value is -1.26. The summed E-state index contributed by atoms with van der Waals surface area (Å²) >= 11 is 0. The normalized spacial score (nSPS) is 12.6. The van der Waals surface area contributed by atoms with Gasteiger partial charge < -0.3 is 25.6 Å². The van der Waals surface area contributed by atoms with E-state index in [0.717, 1.165) is 12.8 Å². The number of carbonyl (C=O) groups is 2. The topological polar surface area (TPSA) is 95.1 Å². The van der Waals surface area contributed by atoms with Crippen LogP contribution in [0.4, 0.5) is 4.79 Å². The third-order valence-corrected chi connectivity index (χ3v) is 4.17. The van der Waals surface area contributed by atoms with E-state index in [1.807, 2.05) is 55.4 Å². The number of nitrogens with zero attached hydrogens (tertiary/aromatic N) is 2. The quantitative estimate of drug-likeness (QED) is 0.269. The molecule has 0 unspecified atom stereocenters. The van der Waals surface area contributed by atoms with Crippen molar-refractivity contribution in [3.05, 3.63) is 0 Å². The van der Waals surface area contributed by atoms with Gasteiger partial charge in [0.25, 0.3) is 0 Å². The number of nitrogens with one attached hydrogen (secondary N) is 3. The van der Waals surface area contributed by atoms with E-state index in [4.69, 9.17) is 4.74 Å². The van der Waals surface area contributed by atoms with Gasteiger partial charge in [-0.2, -0.15) is 0 Å². The Morgan fingerprint density at radius 2 is 1.52 bits per heavy atom. The number of hydrogen-bond donors (Lipinski definition) is 3. The third kappa shape index (κ3) is 12.8. The summed E-state index contributed by atoms with van der Waals surface area (Å²) in [6, 6.07) is 0. The minimum absolute atomic E-state index is 0. The molecule has 0 rings (SSSR count). The van der Waals surface area contributed by atoms with Crippen molar-refractivity contribution in [1.29, 1.82) is 0 Å². The zero-order valence-electron chi connectivity index (χ0n) is 19.9. The van der Waals surface area contributed by atoms with E-state index in [-0.39, 0.29) is 42.0 Å². The number of guanidine groups is 1. The summed E-state index contributed by atoms with van der Waals surface area (Å²) < 4.78 is 5.41. The molecule has 2 amide bonds. The van der Waals surface area contributed by atoms with E-state index in [2.05, 4.69) is 20.9 Å². The summed E-state index contributed by atoms with van der Waals surface area (Å²) in [6.07, 6.45) is 1.01. The minimum Gasteiger partial charge on any atom is -0.444 e. The zero-order chi connectivity index (χ0) is 22.2. The molecule has 0 aromatic rings. The third-order valence-electron chi connectivity index (χ3n) is 4.17.